The molecule has 2 rings (SSSR count). The van der Waals surface area contributed by atoms with E-state index in [4.69, 9.17) is 0 Å². The monoisotopic (exact) mass is 233 g/mol. The second-order valence-corrected chi connectivity index (χ2v) is 4.93. The zero-order chi connectivity index (χ0) is 11.9. The van der Waals surface area contributed by atoms with Crippen LogP contribution in [0.1, 0.15) is 50.5 Å². The lowest BCUT2D eigenvalue weighted by Gasteiger charge is -2.20. The molecule has 1 N–H and O–H groups in total. The van der Waals surface area contributed by atoms with E-state index in [2.05, 4.69) is 17.0 Å². The molecule has 0 atom stereocenters. The molecule has 0 bridgehead atoms. The molecule has 3 nitrogen and oxygen atoms in total. The molecule has 0 spiro atoms. The van der Waals surface area contributed by atoms with Crippen LogP contribution < -0.4 is 5.32 Å². The van der Waals surface area contributed by atoms with E-state index in [1.54, 1.807) is 10.9 Å². The zero-order valence-corrected chi connectivity index (χ0v) is 10.6. The Balaban J connectivity index is 1.77. The summed E-state index contributed by atoms with van der Waals surface area (Å²) in [4.78, 5) is 0. The Hall–Kier alpha value is -1.09. The molecule has 1 aliphatic rings. The maximum absolute atomic E-state index is 4.19. The van der Waals surface area contributed by atoms with Crippen LogP contribution in [0.4, 0.5) is 0 Å². The van der Waals surface area contributed by atoms with Crippen molar-refractivity contribution in [2.75, 3.05) is 0 Å². The molecule has 0 radical (unpaired) electrons. The Labute approximate surface area is 104 Å². The maximum atomic E-state index is 4.19. The predicted octanol–water partition coefficient (Wildman–Crippen LogP) is 3.19. The van der Waals surface area contributed by atoms with Crippen molar-refractivity contribution >= 4 is 6.20 Å². The van der Waals surface area contributed by atoms with Crippen LogP contribution in [0.3, 0.4) is 0 Å². The van der Waals surface area contributed by atoms with E-state index in [0.717, 1.165) is 6.54 Å². The van der Waals surface area contributed by atoms with E-state index in [9.17, 15) is 0 Å². The zero-order valence-electron chi connectivity index (χ0n) is 10.6. The highest BCUT2D eigenvalue weighted by molar-refractivity contribution is 5.17. The average molecular weight is 233 g/mol. The quantitative estimate of drug-likeness (QED) is 0.865. The normalized spacial score (nSPS) is 18.6. The number of aromatic nitrogens is 2. The third kappa shape index (κ3) is 4.00. The van der Waals surface area contributed by atoms with E-state index < -0.39 is 0 Å². The van der Waals surface area contributed by atoms with Gasteiger partial charge >= 0.3 is 0 Å². The lowest BCUT2D eigenvalue weighted by Crippen LogP contribution is -2.29. The molecule has 94 valence electrons. The summed E-state index contributed by atoms with van der Waals surface area (Å²) < 4.78 is 1.76. The minimum atomic E-state index is 0.697. The highest BCUT2D eigenvalue weighted by Crippen LogP contribution is 2.17. The largest absolute Gasteiger partial charge is 0.310 e. The molecule has 1 fully saturated rings. The molecule has 0 aromatic carbocycles. The Morgan fingerprint density at radius 3 is 2.65 bits per heavy atom. The highest BCUT2D eigenvalue weighted by atomic mass is 15.2. The van der Waals surface area contributed by atoms with Gasteiger partial charge in [0.15, 0.2) is 0 Å². The number of nitrogens with zero attached hydrogens (tertiary/aromatic N) is 2. The van der Waals surface area contributed by atoms with Crippen LogP contribution in [0.25, 0.3) is 6.20 Å². The van der Waals surface area contributed by atoms with Crippen LogP contribution in [0.5, 0.6) is 0 Å². The Morgan fingerprint density at radius 1 is 1.29 bits per heavy atom. The van der Waals surface area contributed by atoms with Crippen molar-refractivity contribution in [1.29, 1.82) is 0 Å². The molecule has 1 saturated carbocycles. The Bertz CT molecular complexity index is 335. The Morgan fingerprint density at radius 2 is 2.00 bits per heavy atom. The van der Waals surface area contributed by atoms with Gasteiger partial charge < -0.3 is 5.32 Å². The van der Waals surface area contributed by atoms with Crippen molar-refractivity contribution in [1.82, 2.24) is 15.1 Å². The molecule has 0 saturated heterocycles. The highest BCUT2D eigenvalue weighted by Gasteiger charge is 2.10. The van der Waals surface area contributed by atoms with Crippen LogP contribution in [0, 0.1) is 0 Å². The summed E-state index contributed by atoms with van der Waals surface area (Å²) in [5.74, 6) is 0. The standard InChI is InChI=1S/C14H23N3/c1-2-17-12-13(11-16-17)10-15-14-8-6-4-3-5-7-9-14/h2,11-12,14-15H,1,3-10H2. The minimum absolute atomic E-state index is 0.697. The van der Waals surface area contributed by atoms with Gasteiger partial charge in [-0.15, -0.1) is 0 Å². The van der Waals surface area contributed by atoms with Crippen molar-refractivity contribution < 1.29 is 0 Å². The molecular formula is C14H23N3. The molecule has 17 heavy (non-hydrogen) atoms. The van der Waals surface area contributed by atoms with Gasteiger partial charge in [-0.3, -0.25) is 0 Å². The molecule has 0 aliphatic heterocycles. The molecule has 1 aromatic heterocycles. The molecule has 1 heterocycles. The van der Waals surface area contributed by atoms with Gasteiger partial charge in [-0.1, -0.05) is 38.7 Å². The summed E-state index contributed by atoms with van der Waals surface area (Å²) in [6, 6.07) is 0.697. The third-order valence-corrected chi connectivity index (χ3v) is 3.54. The molecule has 0 amide bonds. The van der Waals surface area contributed by atoms with Gasteiger partial charge in [-0.05, 0) is 12.8 Å². The molecule has 3 heteroatoms. The van der Waals surface area contributed by atoms with Crippen LogP contribution >= 0.6 is 0 Å². The first kappa shape index (κ1) is 12.4. The summed E-state index contributed by atoms with van der Waals surface area (Å²) in [5.41, 5.74) is 1.24. The smallest absolute Gasteiger partial charge is 0.0538 e. The van der Waals surface area contributed by atoms with Crippen LogP contribution in [-0.4, -0.2) is 15.8 Å². The molecule has 1 aliphatic carbocycles. The molecule has 0 unspecified atom stereocenters. The molecule has 1 aromatic rings. The summed E-state index contributed by atoms with van der Waals surface area (Å²) in [7, 11) is 0. The van der Waals surface area contributed by atoms with Crippen molar-refractivity contribution in [3.63, 3.8) is 0 Å². The second kappa shape index (κ2) is 6.60. The minimum Gasteiger partial charge on any atom is -0.310 e. The maximum Gasteiger partial charge on any atom is 0.0538 e. The first-order valence-corrected chi connectivity index (χ1v) is 6.77. The fourth-order valence-corrected chi connectivity index (χ4v) is 2.49. The first-order chi connectivity index (χ1) is 8.38. The van der Waals surface area contributed by atoms with Gasteiger partial charge in [0.2, 0.25) is 0 Å². The number of hydrogen-bond donors (Lipinski definition) is 1. The lowest BCUT2D eigenvalue weighted by molar-refractivity contribution is 0.389. The lowest BCUT2D eigenvalue weighted by atomic mass is 9.97. The summed E-state index contributed by atoms with van der Waals surface area (Å²) in [5, 5.41) is 7.85. The number of hydrogen-bond acceptors (Lipinski definition) is 2. The Kier molecular flexibility index (Phi) is 4.80. The van der Waals surface area contributed by atoms with Crippen LogP contribution in [0.2, 0.25) is 0 Å². The van der Waals surface area contributed by atoms with Crippen LogP contribution in [-0.2, 0) is 6.54 Å². The first-order valence-electron chi connectivity index (χ1n) is 6.77. The fraction of sp³-hybridized carbons (Fsp3) is 0.643. The van der Waals surface area contributed by atoms with E-state index >= 15 is 0 Å². The number of rotatable bonds is 4. The van der Waals surface area contributed by atoms with Gasteiger partial charge in [-0.2, -0.15) is 5.10 Å². The van der Waals surface area contributed by atoms with Crippen molar-refractivity contribution in [3.05, 3.63) is 24.5 Å². The van der Waals surface area contributed by atoms with Gasteiger partial charge in [0, 0.05) is 30.5 Å². The topological polar surface area (TPSA) is 29.9 Å². The van der Waals surface area contributed by atoms with Gasteiger partial charge in [-0.25, -0.2) is 4.68 Å². The van der Waals surface area contributed by atoms with Gasteiger partial charge in [0.1, 0.15) is 0 Å². The van der Waals surface area contributed by atoms with Crippen molar-refractivity contribution in [2.45, 2.75) is 57.5 Å². The second-order valence-electron chi connectivity index (χ2n) is 4.93. The van der Waals surface area contributed by atoms with Gasteiger partial charge in [0.05, 0.1) is 6.20 Å². The van der Waals surface area contributed by atoms with Crippen molar-refractivity contribution in [3.8, 4) is 0 Å². The summed E-state index contributed by atoms with van der Waals surface area (Å²) in [6.45, 7) is 4.63. The van der Waals surface area contributed by atoms with E-state index in [1.807, 2.05) is 12.4 Å². The summed E-state index contributed by atoms with van der Waals surface area (Å²) in [6.07, 6.45) is 15.3. The van der Waals surface area contributed by atoms with E-state index in [-0.39, 0.29) is 0 Å². The summed E-state index contributed by atoms with van der Waals surface area (Å²) >= 11 is 0. The third-order valence-electron chi connectivity index (χ3n) is 3.54. The number of nitrogens with one attached hydrogen (secondary N) is 1. The SMILES string of the molecule is C=Cn1cc(CNC2CCCCCCC2)cn1. The van der Waals surface area contributed by atoms with E-state index in [0.29, 0.717) is 6.04 Å². The van der Waals surface area contributed by atoms with Gasteiger partial charge in [0.25, 0.3) is 0 Å². The van der Waals surface area contributed by atoms with Crippen molar-refractivity contribution in [2.24, 2.45) is 0 Å². The predicted molar refractivity (Wildman–Crippen MR) is 71.6 cm³/mol. The van der Waals surface area contributed by atoms with E-state index in [1.165, 1.54) is 50.5 Å². The fourth-order valence-electron chi connectivity index (χ4n) is 2.49. The molecular weight excluding hydrogens is 210 g/mol. The average Bonchev–Trinajstić information content (AvgIpc) is 2.75. The van der Waals surface area contributed by atoms with Crippen LogP contribution in [0.15, 0.2) is 19.0 Å².